The molecule has 0 saturated carbocycles. The fourth-order valence-electron chi connectivity index (χ4n) is 7.82. The van der Waals surface area contributed by atoms with Crippen molar-refractivity contribution in [1.29, 1.82) is 0 Å². The summed E-state index contributed by atoms with van der Waals surface area (Å²) >= 11 is 0. The molecule has 4 aliphatic heterocycles. The minimum Gasteiger partial charge on any atom is -0.462 e. The lowest BCUT2D eigenvalue weighted by Crippen LogP contribution is -2.59. The molecule has 3 fully saturated rings. The van der Waals surface area contributed by atoms with Gasteiger partial charge in [0.25, 0.3) is 0 Å². The van der Waals surface area contributed by atoms with E-state index in [9.17, 15) is 25.2 Å². The van der Waals surface area contributed by atoms with Crippen LogP contribution in [0.1, 0.15) is 73.6 Å². The number of hydrogen-bond donors (Lipinski definition) is 4. The van der Waals surface area contributed by atoms with Gasteiger partial charge in [0.05, 0.1) is 24.9 Å². The predicted molar refractivity (Wildman–Crippen MR) is 169 cm³/mol. The number of carbonyl (C=O) groups is 1. The minimum absolute atomic E-state index is 0.00406. The summed E-state index contributed by atoms with van der Waals surface area (Å²) in [7, 11) is 0. The van der Waals surface area contributed by atoms with Crippen LogP contribution in [0.4, 0.5) is 0 Å². The lowest BCUT2D eigenvalue weighted by atomic mass is 9.71. The van der Waals surface area contributed by atoms with Gasteiger partial charge in [0.2, 0.25) is 0 Å². The van der Waals surface area contributed by atoms with Gasteiger partial charge in [0, 0.05) is 31.8 Å². The molecule has 1 spiro atoms. The van der Waals surface area contributed by atoms with Crippen LogP contribution in [0, 0.1) is 23.7 Å². The molecule has 1 aliphatic carbocycles. The summed E-state index contributed by atoms with van der Waals surface area (Å²) in [6, 6.07) is 0. The molecule has 0 radical (unpaired) electrons. The highest BCUT2D eigenvalue weighted by atomic mass is 16.7. The Balaban J connectivity index is 1.52. The van der Waals surface area contributed by atoms with Crippen molar-refractivity contribution in [3.8, 4) is 0 Å². The third-order valence-corrected chi connectivity index (χ3v) is 10.3. The van der Waals surface area contributed by atoms with Crippen molar-refractivity contribution in [2.24, 2.45) is 23.7 Å². The SMILES string of the molecule is CC1=C[C@H]2C(=O)O[C@H]3C[C@@H](C/C=C(\C)C[C@@H](C)/C=C/C=C4\CO[C@H]([C@@H]1O)[C@@]42O)O[C@]1(C3)C[C@H](O)[C@H](C)[C@@H](/C(C)=C/C(C)CO)O1. The lowest BCUT2D eigenvalue weighted by molar-refractivity contribution is -0.342. The molecule has 5 aliphatic rings. The largest absolute Gasteiger partial charge is 0.462 e. The Kier molecular flexibility index (Phi) is 10.3. The van der Waals surface area contributed by atoms with Gasteiger partial charge in [-0.05, 0) is 62.2 Å². The molecule has 5 rings (SSSR count). The number of carbonyl (C=O) groups excluding carboxylic acids is 1. The Labute approximate surface area is 267 Å². The Bertz CT molecular complexity index is 1260. The zero-order valence-corrected chi connectivity index (χ0v) is 27.5. The number of fused-ring (bicyclic) bond motifs is 2. The van der Waals surface area contributed by atoms with E-state index >= 15 is 0 Å². The monoisotopic (exact) mass is 628 g/mol. The lowest BCUT2D eigenvalue weighted by Gasteiger charge is -2.51. The molecule has 1 unspecified atom stereocenters. The number of hydrogen-bond acceptors (Lipinski definition) is 9. The van der Waals surface area contributed by atoms with Gasteiger partial charge in [-0.25, -0.2) is 0 Å². The summed E-state index contributed by atoms with van der Waals surface area (Å²) < 4.78 is 25.6. The van der Waals surface area contributed by atoms with Crippen molar-refractivity contribution in [3.05, 3.63) is 58.7 Å². The predicted octanol–water partition coefficient (Wildman–Crippen LogP) is 4.06. The number of aliphatic hydroxyl groups excluding tert-OH is 3. The summed E-state index contributed by atoms with van der Waals surface area (Å²) in [6.07, 6.45) is 9.66. The Morgan fingerprint density at radius 3 is 2.64 bits per heavy atom. The summed E-state index contributed by atoms with van der Waals surface area (Å²) in [5.74, 6) is -2.92. The van der Waals surface area contributed by atoms with Crippen LogP contribution >= 0.6 is 0 Å². The first-order valence-corrected chi connectivity index (χ1v) is 16.5. The van der Waals surface area contributed by atoms with Gasteiger partial charge in [0.1, 0.15) is 29.8 Å². The molecule has 9 nitrogen and oxygen atoms in total. The molecule has 250 valence electrons. The van der Waals surface area contributed by atoms with Crippen molar-refractivity contribution in [3.63, 3.8) is 0 Å². The average molecular weight is 629 g/mol. The van der Waals surface area contributed by atoms with E-state index in [4.69, 9.17) is 18.9 Å². The number of esters is 1. The number of aliphatic hydroxyl groups is 4. The summed E-state index contributed by atoms with van der Waals surface area (Å²) in [4.78, 5) is 14.1. The average Bonchev–Trinajstić information content (AvgIpc) is 3.31. The highest BCUT2D eigenvalue weighted by Gasteiger charge is 2.60. The first-order chi connectivity index (χ1) is 21.3. The molecule has 12 atom stereocenters. The fourth-order valence-corrected chi connectivity index (χ4v) is 7.82. The van der Waals surface area contributed by atoms with E-state index in [2.05, 4.69) is 26.0 Å². The molecule has 4 heterocycles. The first-order valence-electron chi connectivity index (χ1n) is 16.5. The highest BCUT2D eigenvalue weighted by Crippen LogP contribution is 2.47. The van der Waals surface area contributed by atoms with Gasteiger partial charge in [-0.2, -0.15) is 0 Å². The molecule has 9 heteroatoms. The van der Waals surface area contributed by atoms with E-state index in [0.717, 1.165) is 12.0 Å². The van der Waals surface area contributed by atoms with Crippen molar-refractivity contribution >= 4 is 5.97 Å². The van der Waals surface area contributed by atoms with Crippen LogP contribution in [0.25, 0.3) is 0 Å². The van der Waals surface area contributed by atoms with Gasteiger partial charge in [-0.3, -0.25) is 4.79 Å². The zero-order chi connectivity index (χ0) is 32.7. The molecule has 45 heavy (non-hydrogen) atoms. The number of allylic oxidation sites excluding steroid dienone is 4. The van der Waals surface area contributed by atoms with Crippen LogP contribution in [-0.2, 0) is 23.7 Å². The highest BCUT2D eigenvalue weighted by molar-refractivity contribution is 5.78. The Morgan fingerprint density at radius 1 is 1.16 bits per heavy atom. The van der Waals surface area contributed by atoms with Crippen molar-refractivity contribution in [2.45, 2.75) is 122 Å². The summed E-state index contributed by atoms with van der Waals surface area (Å²) in [5.41, 5.74) is 1.42. The number of ether oxygens (including phenoxy) is 4. The van der Waals surface area contributed by atoms with E-state index in [1.54, 1.807) is 19.1 Å². The molecule has 4 N–H and O–H groups in total. The normalized spacial score (nSPS) is 46.6. The second-order valence-electron chi connectivity index (χ2n) is 14.3. The van der Waals surface area contributed by atoms with E-state index in [-0.39, 0.29) is 49.9 Å². The van der Waals surface area contributed by atoms with Crippen molar-refractivity contribution < 1.29 is 44.2 Å². The van der Waals surface area contributed by atoms with Crippen molar-refractivity contribution in [2.75, 3.05) is 13.2 Å². The van der Waals surface area contributed by atoms with E-state index in [0.29, 0.717) is 24.0 Å². The smallest absolute Gasteiger partial charge is 0.316 e. The van der Waals surface area contributed by atoms with Crippen LogP contribution in [0.15, 0.2) is 58.7 Å². The standard InChI is InChI=1S/C36H52O9/c1-20-8-7-9-26-19-42-33-31(39)23(4)14-29(36(26,33)41)34(40)43-28-15-27(11-10-21(2)12-20)44-35(16-28)17-30(38)25(6)32(45-35)24(5)13-22(3)18-37/h7-10,13-14,20,22,25,27-33,37-39,41H,11-12,15-19H2,1-6H3/b8-7+,21-10+,24-13+,26-9+/t20-,22?,25-,27+,28-,29-,30-,31+,32+,33+,35-,36+/m0/s1. The molecule has 0 aromatic rings. The molecule has 0 amide bonds. The second-order valence-corrected chi connectivity index (χ2v) is 14.3. The Hall–Kier alpha value is -2.11. The maximum Gasteiger partial charge on any atom is 0.316 e. The quantitative estimate of drug-likeness (QED) is 0.270. The van der Waals surface area contributed by atoms with Gasteiger partial charge in [-0.1, -0.05) is 62.8 Å². The van der Waals surface area contributed by atoms with E-state index < -0.39 is 53.8 Å². The van der Waals surface area contributed by atoms with E-state index in [1.165, 1.54) is 5.57 Å². The van der Waals surface area contributed by atoms with Crippen molar-refractivity contribution in [1.82, 2.24) is 0 Å². The van der Waals surface area contributed by atoms with E-state index in [1.807, 2.05) is 32.9 Å². The third-order valence-electron chi connectivity index (χ3n) is 10.3. The molecule has 2 bridgehead atoms. The van der Waals surface area contributed by atoms with Gasteiger partial charge in [0.15, 0.2) is 5.79 Å². The van der Waals surface area contributed by atoms with Crippen LogP contribution in [0.3, 0.4) is 0 Å². The van der Waals surface area contributed by atoms with Crippen LogP contribution in [-0.4, -0.2) is 87.6 Å². The summed E-state index contributed by atoms with van der Waals surface area (Å²) in [5, 5.41) is 44.0. The van der Waals surface area contributed by atoms with Crippen LogP contribution in [0.2, 0.25) is 0 Å². The first kappa shape index (κ1) is 34.2. The van der Waals surface area contributed by atoms with Crippen LogP contribution in [0.5, 0.6) is 0 Å². The molecular formula is C36H52O9. The van der Waals surface area contributed by atoms with Crippen LogP contribution < -0.4 is 0 Å². The fraction of sp³-hybridized carbons (Fsp3) is 0.694. The number of rotatable bonds is 3. The molecular weight excluding hydrogens is 576 g/mol. The Morgan fingerprint density at radius 2 is 1.91 bits per heavy atom. The maximum atomic E-state index is 14.1. The topological polar surface area (TPSA) is 135 Å². The van der Waals surface area contributed by atoms with Gasteiger partial charge in [-0.15, -0.1) is 0 Å². The second kappa shape index (κ2) is 13.6. The summed E-state index contributed by atoms with van der Waals surface area (Å²) in [6.45, 7) is 11.9. The maximum absolute atomic E-state index is 14.1. The molecule has 0 aromatic carbocycles. The molecule has 0 aromatic heterocycles. The molecule has 3 saturated heterocycles. The van der Waals surface area contributed by atoms with Gasteiger partial charge >= 0.3 is 5.97 Å². The minimum atomic E-state index is -1.76. The zero-order valence-electron chi connectivity index (χ0n) is 27.5. The van der Waals surface area contributed by atoms with Gasteiger partial charge < -0.3 is 39.4 Å². The third kappa shape index (κ3) is 6.96.